The highest BCUT2D eigenvalue weighted by molar-refractivity contribution is 5.65. The van der Waals surface area contributed by atoms with Gasteiger partial charge in [0.2, 0.25) is 0 Å². The Morgan fingerprint density at radius 1 is 0.895 bits per heavy atom. The molecule has 0 aliphatic heterocycles. The van der Waals surface area contributed by atoms with Crippen molar-refractivity contribution in [1.29, 1.82) is 0 Å². The van der Waals surface area contributed by atoms with Crippen LogP contribution in [0.3, 0.4) is 0 Å². The summed E-state index contributed by atoms with van der Waals surface area (Å²) >= 11 is 0. The van der Waals surface area contributed by atoms with Crippen molar-refractivity contribution in [3.63, 3.8) is 0 Å². The first-order valence-corrected chi connectivity index (χ1v) is 5.72. The molecule has 0 radical (unpaired) electrons. The highest BCUT2D eigenvalue weighted by Gasteiger charge is 2.07. The fourth-order valence-corrected chi connectivity index (χ4v) is 2.04. The fourth-order valence-electron chi connectivity index (χ4n) is 2.04. The fraction of sp³-hybridized carbons (Fsp3) is 0. The SMILES string of the molecule is O=c1c(-c2cccc(F)c2)ccc2ccc(F)cn12. The largest absolute Gasteiger partial charge is 0.281 e. The lowest BCUT2D eigenvalue weighted by Crippen LogP contribution is -2.15. The van der Waals surface area contributed by atoms with Gasteiger partial charge in [-0.15, -0.1) is 0 Å². The molecule has 0 spiro atoms. The number of hydrogen-bond donors (Lipinski definition) is 0. The first kappa shape index (κ1) is 11.6. The van der Waals surface area contributed by atoms with E-state index < -0.39 is 11.6 Å². The Balaban J connectivity index is 2.31. The van der Waals surface area contributed by atoms with E-state index in [0.29, 0.717) is 16.6 Å². The van der Waals surface area contributed by atoms with Crippen molar-refractivity contribution in [2.45, 2.75) is 0 Å². The first-order chi connectivity index (χ1) is 9.15. The Morgan fingerprint density at radius 2 is 1.68 bits per heavy atom. The third kappa shape index (κ3) is 2.01. The van der Waals surface area contributed by atoms with Crippen LogP contribution < -0.4 is 5.56 Å². The lowest BCUT2D eigenvalue weighted by Gasteiger charge is -2.05. The Bertz CT molecular complexity index is 824. The molecule has 0 aliphatic carbocycles. The van der Waals surface area contributed by atoms with E-state index in [4.69, 9.17) is 0 Å². The molecule has 0 atom stereocenters. The summed E-state index contributed by atoms with van der Waals surface area (Å²) in [6, 6.07) is 11.9. The summed E-state index contributed by atoms with van der Waals surface area (Å²) in [4.78, 5) is 12.3. The van der Waals surface area contributed by atoms with E-state index in [1.54, 1.807) is 18.2 Å². The minimum Gasteiger partial charge on any atom is -0.281 e. The van der Waals surface area contributed by atoms with Crippen molar-refractivity contribution in [3.05, 3.63) is 76.7 Å². The van der Waals surface area contributed by atoms with E-state index >= 15 is 0 Å². The predicted octanol–water partition coefficient (Wildman–Crippen LogP) is 3.24. The van der Waals surface area contributed by atoms with Crippen molar-refractivity contribution in [2.24, 2.45) is 0 Å². The summed E-state index contributed by atoms with van der Waals surface area (Å²) in [5, 5.41) is 0. The second-order valence-corrected chi connectivity index (χ2v) is 4.20. The first-order valence-electron chi connectivity index (χ1n) is 5.72. The zero-order valence-electron chi connectivity index (χ0n) is 9.81. The van der Waals surface area contributed by atoms with Gasteiger partial charge in [0.25, 0.3) is 5.56 Å². The molecule has 3 aromatic rings. The summed E-state index contributed by atoms with van der Waals surface area (Å²) < 4.78 is 27.6. The number of pyridine rings is 2. The van der Waals surface area contributed by atoms with Gasteiger partial charge in [-0.2, -0.15) is 0 Å². The molecular weight excluding hydrogens is 248 g/mol. The van der Waals surface area contributed by atoms with E-state index in [-0.39, 0.29) is 5.56 Å². The summed E-state index contributed by atoms with van der Waals surface area (Å²) in [6.07, 6.45) is 1.13. The molecule has 3 rings (SSSR count). The molecule has 0 aliphatic rings. The third-order valence-electron chi connectivity index (χ3n) is 2.95. The smallest absolute Gasteiger partial charge is 0.263 e. The zero-order valence-corrected chi connectivity index (χ0v) is 9.81. The minimum absolute atomic E-state index is 0.336. The monoisotopic (exact) mass is 257 g/mol. The quantitative estimate of drug-likeness (QED) is 0.655. The number of benzene rings is 1. The molecule has 0 N–H and O–H groups in total. The summed E-state index contributed by atoms with van der Waals surface area (Å²) in [7, 11) is 0. The summed E-state index contributed by atoms with van der Waals surface area (Å²) in [6.45, 7) is 0. The summed E-state index contributed by atoms with van der Waals surface area (Å²) in [5.74, 6) is -0.910. The zero-order chi connectivity index (χ0) is 13.4. The van der Waals surface area contributed by atoms with Gasteiger partial charge in [0.15, 0.2) is 0 Å². The van der Waals surface area contributed by atoms with Crippen molar-refractivity contribution >= 4 is 5.52 Å². The van der Waals surface area contributed by atoms with E-state index in [1.165, 1.54) is 34.7 Å². The van der Waals surface area contributed by atoms with E-state index in [9.17, 15) is 13.6 Å². The number of fused-ring (bicyclic) bond motifs is 1. The van der Waals surface area contributed by atoms with Crippen LogP contribution in [0.25, 0.3) is 16.6 Å². The Labute approximate surface area is 107 Å². The average Bonchev–Trinajstić information content (AvgIpc) is 2.40. The maximum absolute atomic E-state index is 13.2. The number of nitrogens with zero attached hydrogens (tertiary/aromatic N) is 1. The van der Waals surface area contributed by atoms with E-state index in [1.807, 2.05) is 0 Å². The van der Waals surface area contributed by atoms with Gasteiger partial charge in [-0.1, -0.05) is 12.1 Å². The molecule has 2 heterocycles. The minimum atomic E-state index is -0.494. The maximum Gasteiger partial charge on any atom is 0.263 e. The molecule has 0 saturated heterocycles. The van der Waals surface area contributed by atoms with E-state index in [0.717, 1.165) is 6.20 Å². The molecule has 0 saturated carbocycles. The van der Waals surface area contributed by atoms with Gasteiger partial charge in [-0.05, 0) is 42.0 Å². The molecule has 4 heteroatoms. The second kappa shape index (κ2) is 4.31. The average molecular weight is 257 g/mol. The van der Waals surface area contributed by atoms with Gasteiger partial charge < -0.3 is 0 Å². The van der Waals surface area contributed by atoms with Crippen molar-refractivity contribution in [2.75, 3.05) is 0 Å². The Kier molecular flexibility index (Phi) is 2.63. The van der Waals surface area contributed by atoms with Crippen LogP contribution in [0.2, 0.25) is 0 Å². The van der Waals surface area contributed by atoms with Gasteiger partial charge in [0, 0.05) is 17.3 Å². The molecule has 0 bridgehead atoms. The van der Waals surface area contributed by atoms with Crippen LogP contribution in [0.1, 0.15) is 0 Å². The number of halogens is 2. The molecule has 0 amide bonds. The van der Waals surface area contributed by atoms with Gasteiger partial charge in [-0.25, -0.2) is 8.78 Å². The van der Waals surface area contributed by atoms with Gasteiger partial charge in [0.1, 0.15) is 11.6 Å². The van der Waals surface area contributed by atoms with Gasteiger partial charge in [-0.3, -0.25) is 9.20 Å². The normalized spacial score (nSPS) is 10.8. The molecular formula is C15H9F2NO. The maximum atomic E-state index is 13.2. The van der Waals surface area contributed by atoms with Crippen LogP contribution in [0.5, 0.6) is 0 Å². The topological polar surface area (TPSA) is 21.5 Å². The predicted molar refractivity (Wildman–Crippen MR) is 69.0 cm³/mol. The molecule has 19 heavy (non-hydrogen) atoms. The molecule has 2 aromatic heterocycles. The van der Waals surface area contributed by atoms with Crippen LogP contribution >= 0.6 is 0 Å². The third-order valence-corrected chi connectivity index (χ3v) is 2.95. The highest BCUT2D eigenvalue weighted by atomic mass is 19.1. The van der Waals surface area contributed by atoms with Crippen LogP contribution in [0.15, 0.2) is 59.5 Å². The van der Waals surface area contributed by atoms with Crippen LogP contribution in [0, 0.1) is 11.6 Å². The highest BCUT2D eigenvalue weighted by Crippen LogP contribution is 2.17. The Hall–Kier alpha value is -2.49. The second-order valence-electron chi connectivity index (χ2n) is 4.20. The van der Waals surface area contributed by atoms with Crippen LogP contribution in [-0.4, -0.2) is 4.40 Å². The van der Waals surface area contributed by atoms with Gasteiger partial charge >= 0.3 is 0 Å². The lowest BCUT2D eigenvalue weighted by atomic mass is 10.1. The molecule has 1 aromatic carbocycles. The number of hydrogen-bond acceptors (Lipinski definition) is 1. The lowest BCUT2D eigenvalue weighted by molar-refractivity contribution is 0.618. The summed E-state index contributed by atoms with van der Waals surface area (Å²) in [5.41, 5.74) is 1.03. The Morgan fingerprint density at radius 3 is 2.47 bits per heavy atom. The molecule has 0 unspecified atom stereocenters. The van der Waals surface area contributed by atoms with Crippen molar-refractivity contribution in [3.8, 4) is 11.1 Å². The number of rotatable bonds is 1. The van der Waals surface area contributed by atoms with Crippen LogP contribution in [0.4, 0.5) is 8.78 Å². The van der Waals surface area contributed by atoms with Crippen molar-refractivity contribution < 1.29 is 8.78 Å². The molecule has 2 nitrogen and oxygen atoms in total. The van der Waals surface area contributed by atoms with Gasteiger partial charge in [0.05, 0.1) is 0 Å². The van der Waals surface area contributed by atoms with Crippen LogP contribution in [-0.2, 0) is 0 Å². The van der Waals surface area contributed by atoms with Crippen molar-refractivity contribution in [1.82, 2.24) is 4.40 Å². The van der Waals surface area contributed by atoms with E-state index in [2.05, 4.69) is 0 Å². The molecule has 94 valence electrons. The number of aromatic nitrogens is 1. The standard InChI is InChI=1S/C15H9F2NO/c16-11-3-1-2-10(8-11)14-7-6-13-5-4-12(17)9-18(13)15(14)19/h1-9H. The molecule has 0 fully saturated rings.